The molecule has 6 heteroatoms. The van der Waals surface area contributed by atoms with Gasteiger partial charge < -0.3 is 15.5 Å². The third-order valence-corrected chi connectivity index (χ3v) is 3.79. The van der Waals surface area contributed by atoms with E-state index in [1.54, 1.807) is 0 Å². The lowest BCUT2D eigenvalue weighted by Gasteiger charge is -2.35. The topological polar surface area (TPSA) is 44.4 Å². The summed E-state index contributed by atoms with van der Waals surface area (Å²) in [5.41, 5.74) is 0. The Kier molecular flexibility index (Phi) is 8.95. The van der Waals surface area contributed by atoms with Crippen LogP contribution in [0.1, 0.15) is 32.1 Å². The van der Waals surface area contributed by atoms with Gasteiger partial charge in [-0.15, -0.1) is 24.8 Å². The predicted octanol–water partition coefficient (Wildman–Crippen LogP) is 1.18. The molecule has 0 aliphatic carbocycles. The molecule has 2 rings (SSSR count). The van der Waals surface area contributed by atoms with Gasteiger partial charge in [0.2, 0.25) is 5.91 Å². The minimum Gasteiger partial charge on any atom is -0.353 e. The Morgan fingerprint density at radius 3 is 2.78 bits per heavy atom. The molecule has 0 bridgehead atoms. The summed E-state index contributed by atoms with van der Waals surface area (Å²) in [5, 5.41) is 6.16. The van der Waals surface area contributed by atoms with Crippen LogP contribution in [0.4, 0.5) is 0 Å². The van der Waals surface area contributed by atoms with Crippen LogP contribution in [0, 0.1) is 0 Å². The molecule has 0 spiro atoms. The summed E-state index contributed by atoms with van der Waals surface area (Å²) >= 11 is 0. The molecule has 108 valence electrons. The van der Waals surface area contributed by atoms with Gasteiger partial charge in [0.25, 0.3) is 0 Å². The van der Waals surface area contributed by atoms with Gasteiger partial charge in [-0.1, -0.05) is 0 Å². The maximum absolute atomic E-state index is 11.6. The van der Waals surface area contributed by atoms with E-state index >= 15 is 0 Å². The van der Waals surface area contributed by atoms with Gasteiger partial charge in [0, 0.05) is 31.6 Å². The van der Waals surface area contributed by atoms with Crippen molar-refractivity contribution in [1.29, 1.82) is 0 Å². The van der Waals surface area contributed by atoms with Crippen LogP contribution in [-0.2, 0) is 4.79 Å². The fourth-order valence-corrected chi connectivity index (χ4v) is 2.89. The summed E-state index contributed by atoms with van der Waals surface area (Å²) in [6, 6.07) is 1.16. The van der Waals surface area contributed by atoms with Crippen molar-refractivity contribution < 1.29 is 4.79 Å². The lowest BCUT2D eigenvalue weighted by atomic mass is 9.97. The van der Waals surface area contributed by atoms with Crippen molar-refractivity contribution in [3.63, 3.8) is 0 Å². The largest absolute Gasteiger partial charge is 0.353 e. The zero-order chi connectivity index (χ0) is 11.4. The average Bonchev–Trinajstić information content (AvgIpc) is 2.73. The molecule has 0 aromatic rings. The third kappa shape index (κ3) is 4.92. The first-order chi connectivity index (χ1) is 7.79. The fraction of sp³-hybridized carbons (Fsp3) is 0.917. The number of halogens is 2. The number of nitrogens with zero attached hydrogens (tertiary/aromatic N) is 1. The molecular weight excluding hydrogens is 273 g/mol. The predicted molar refractivity (Wildman–Crippen MR) is 78.8 cm³/mol. The highest BCUT2D eigenvalue weighted by Crippen LogP contribution is 2.26. The van der Waals surface area contributed by atoms with Crippen molar-refractivity contribution in [2.45, 2.75) is 44.2 Å². The Morgan fingerprint density at radius 1 is 1.28 bits per heavy atom. The monoisotopic (exact) mass is 297 g/mol. The second-order valence-electron chi connectivity index (χ2n) is 4.97. The Hall–Kier alpha value is -0.0300. The number of carbonyl (C=O) groups is 1. The lowest BCUT2D eigenvalue weighted by Crippen LogP contribution is -2.47. The second kappa shape index (κ2) is 8.97. The zero-order valence-corrected chi connectivity index (χ0v) is 12.6. The lowest BCUT2D eigenvalue weighted by molar-refractivity contribution is -0.122. The van der Waals surface area contributed by atoms with Crippen LogP contribution >= 0.6 is 24.8 Å². The molecule has 2 aliphatic rings. The molecule has 2 fully saturated rings. The summed E-state index contributed by atoms with van der Waals surface area (Å²) in [5.74, 6) is 0.200. The summed E-state index contributed by atoms with van der Waals surface area (Å²) in [6.07, 6.45) is 5.54. The Labute approximate surface area is 122 Å². The van der Waals surface area contributed by atoms with Crippen LogP contribution in [0.3, 0.4) is 0 Å². The van der Waals surface area contributed by atoms with Gasteiger partial charge in [-0.05, 0) is 39.3 Å². The van der Waals surface area contributed by atoms with Gasteiger partial charge in [0.05, 0.1) is 0 Å². The maximum Gasteiger partial charge on any atom is 0.221 e. The highest BCUT2D eigenvalue weighted by atomic mass is 35.5. The van der Waals surface area contributed by atoms with Crippen molar-refractivity contribution in [2.24, 2.45) is 0 Å². The molecule has 2 unspecified atom stereocenters. The van der Waals surface area contributed by atoms with E-state index in [0.29, 0.717) is 12.5 Å². The second-order valence-corrected chi connectivity index (χ2v) is 4.97. The standard InChI is InChI=1S/C12H23N3O.2ClH/c1-13-6-4-12(16)14-10-5-8-15-7-2-3-11(15)9-10;;/h10-11,13H,2-9H2,1H3,(H,14,16);2*1H. The van der Waals surface area contributed by atoms with Crippen LogP contribution in [0.25, 0.3) is 0 Å². The SMILES string of the molecule is CNCCC(=O)NC1CCN2CCCC2C1.Cl.Cl. The maximum atomic E-state index is 11.6. The first kappa shape index (κ1) is 18.0. The molecule has 2 saturated heterocycles. The number of carbonyl (C=O) groups excluding carboxylic acids is 1. The van der Waals surface area contributed by atoms with E-state index in [2.05, 4.69) is 15.5 Å². The quantitative estimate of drug-likeness (QED) is 0.819. The molecular formula is C12H25Cl2N3O. The van der Waals surface area contributed by atoms with Gasteiger partial charge in [-0.3, -0.25) is 4.79 Å². The van der Waals surface area contributed by atoms with Crippen LogP contribution in [0.2, 0.25) is 0 Å². The van der Waals surface area contributed by atoms with Gasteiger partial charge in [0.1, 0.15) is 0 Å². The van der Waals surface area contributed by atoms with Crippen molar-refractivity contribution in [2.75, 3.05) is 26.7 Å². The van der Waals surface area contributed by atoms with E-state index in [-0.39, 0.29) is 30.7 Å². The Balaban J connectivity index is 0.00000144. The van der Waals surface area contributed by atoms with Crippen molar-refractivity contribution >= 4 is 30.7 Å². The summed E-state index contributed by atoms with van der Waals surface area (Å²) < 4.78 is 0. The smallest absolute Gasteiger partial charge is 0.221 e. The van der Waals surface area contributed by atoms with Gasteiger partial charge >= 0.3 is 0 Å². The van der Waals surface area contributed by atoms with Crippen LogP contribution in [0.15, 0.2) is 0 Å². The van der Waals surface area contributed by atoms with E-state index < -0.39 is 0 Å². The molecule has 2 heterocycles. The number of hydrogen-bond donors (Lipinski definition) is 2. The number of amides is 1. The molecule has 0 radical (unpaired) electrons. The van der Waals surface area contributed by atoms with Gasteiger partial charge in [-0.2, -0.15) is 0 Å². The molecule has 2 aliphatic heterocycles. The van der Waals surface area contributed by atoms with Crippen molar-refractivity contribution in [1.82, 2.24) is 15.5 Å². The van der Waals surface area contributed by atoms with Gasteiger partial charge in [0.15, 0.2) is 0 Å². The average molecular weight is 298 g/mol. The fourth-order valence-electron chi connectivity index (χ4n) is 2.89. The summed E-state index contributed by atoms with van der Waals surface area (Å²) in [6.45, 7) is 3.21. The number of rotatable bonds is 4. The molecule has 0 aromatic carbocycles. The molecule has 0 saturated carbocycles. The van der Waals surface area contributed by atoms with Gasteiger partial charge in [-0.25, -0.2) is 0 Å². The van der Waals surface area contributed by atoms with E-state index in [4.69, 9.17) is 0 Å². The van der Waals surface area contributed by atoms with E-state index in [9.17, 15) is 4.79 Å². The Bertz CT molecular complexity index is 253. The number of hydrogen-bond acceptors (Lipinski definition) is 3. The Morgan fingerprint density at radius 2 is 2.06 bits per heavy atom. The number of nitrogens with one attached hydrogen (secondary N) is 2. The van der Waals surface area contributed by atoms with Crippen LogP contribution in [0.5, 0.6) is 0 Å². The first-order valence-corrected chi connectivity index (χ1v) is 6.47. The van der Waals surface area contributed by atoms with Crippen molar-refractivity contribution in [3.8, 4) is 0 Å². The highest BCUT2D eigenvalue weighted by molar-refractivity contribution is 5.85. The molecule has 2 N–H and O–H groups in total. The summed E-state index contributed by atoms with van der Waals surface area (Å²) in [7, 11) is 1.88. The molecule has 1 amide bonds. The van der Waals surface area contributed by atoms with E-state index in [1.807, 2.05) is 7.05 Å². The zero-order valence-electron chi connectivity index (χ0n) is 11.0. The van der Waals surface area contributed by atoms with Crippen molar-refractivity contribution in [3.05, 3.63) is 0 Å². The molecule has 0 aromatic heterocycles. The number of fused-ring (bicyclic) bond motifs is 1. The molecule has 4 nitrogen and oxygen atoms in total. The third-order valence-electron chi connectivity index (χ3n) is 3.79. The van der Waals surface area contributed by atoms with E-state index in [1.165, 1.54) is 25.9 Å². The van der Waals surface area contributed by atoms with Crippen LogP contribution in [-0.4, -0.2) is 49.6 Å². The summed E-state index contributed by atoms with van der Waals surface area (Å²) in [4.78, 5) is 14.2. The minimum atomic E-state index is 0. The normalized spacial score (nSPS) is 26.7. The molecule has 18 heavy (non-hydrogen) atoms. The number of piperidine rings is 1. The van der Waals surface area contributed by atoms with E-state index in [0.717, 1.165) is 25.4 Å². The first-order valence-electron chi connectivity index (χ1n) is 6.47. The van der Waals surface area contributed by atoms with Crippen LogP contribution < -0.4 is 10.6 Å². The highest BCUT2D eigenvalue weighted by Gasteiger charge is 2.31. The minimum absolute atomic E-state index is 0. The molecule has 2 atom stereocenters.